The van der Waals surface area contributed by atoms with Crippen molar-refractivity contribution in [3.63, 3.8) is 0 Å². The number of methoxy groups -OCH3 is 1. The van der Waals surface area contributed by atoms with Crippen molar-refractivity contribution in [2.24, 2.45) is 0 Å². The molecule has 0 radical (unpaired) electrons. The molecular formula is C33H25FN2O5. The van der Waals surface area contributed by atoms with E-state index in [-0.39, 0.29) is 24.3 Å². The number of aromatic nitrogens is 1. The molecule has 2 heterocycles. The first kappa shape index (κ1) is 26.2. The molecular weight excluding hydrogens is 523 g/mol. The van der Waals surface area contributed by atoms with Gasteiger partial charge in [-0.15, -0.1) is 5.06 Å². The highest BCUT2D eigenvalue weighted by molar-refractivity contribution is 6.13. The number of nitrogens with zero attached hydrogens (tertiary/aromatic N) is 2. The molecule has 1 aromatic heterocycles. The predicted octanol–water partition coefficient (Wildman–Crippen LogP) is 6.21. The van der Waals surface area contributed by atoms with Gasteiger partial charge in [0.1, 0.15) is 24.0 Å². The number of fused-ring (bicyclic) bond motifs is 2. The van der Waals surface area contributed by atoms with Crippen LogP contribution in [0.4, 0.5) is 4.39 Å². The van der Waals surface area contributed by atoms with Crippen molar-refractivity contribution in [1.29, 1.82) is 0 Å². The van der Waals surface area contributed by atoms with Crippen LogP contribution in [0, 0.1) is 5.82 Å². The van der Waals surface area contributed by atoms with E-state index in [1.165, 1.54) is 31.4 Å². The number of carbonyl (C=O) groups is 2. The van der Waals surface area contributed by atoms with E-state index < -0.39 is 23.7 Å². The quantitative estimate of drug-likeness (QED) is 0.215. The van der Waals surface area contributed by atoms with E-state index in [0.717, 1.165) is 16.2 Å². The van der Waals surface area contributed by atoms with Gasteiger partial charge in [0, 0.05) is 11.5 Å². The molecule has 204 valence electrons. The Morgan fingerprint density at radius 3 is 2.17 bits per heavy atom. The molecule has 1 aliphatic heterocycles. The fraction of sp³-hybridized carbons (Fsp3) is 0.121. The van der Waals surface area contributed by atoms with Crippen LogP contribution in [0.2, 0.25) is 0 Å². The van der Waals surface area contributed by atoms with Gasteiger partial charge >= 0.3 is 0 Å². The molecule has 41 heavy (non-hydrogen) atoms. The first-order chi connectivity index (χ1) is 20.0. The van der Waals surface area contributed by atoms with Crippen LogP contribution < -0.4 is 9.47 Å². The minimum absolute atomic E-state index is 0.0792. The second kappa shape index (κ2) is 11.2. The Bertz CT molecular complexity index is 1690. The number of amides is 2. The lowest BCUT2D eigenvalue weighted by atomic mass is 9.95. The van der Waals surface area contributed by atoms with Crippen molar-refractivity contribution in [2.75, 3.05) is 7.11 Å². The molecule has 4 aromatic carbocycles. The highest BCUT2D eigenvalue weighted by Crippen LogP contribution is 2.40. The number of pyridine rings is 1. The van der Waals surface area contributed by atoms with Crippen LogP contribution in [0.15, 0.2) is 103 Å². The maximum atomic E-state index is 14.0. The highest BCUT2D eigenvalue weighted by Gasteiger charge is 2.37. The standard InChI is InChI=1S/C33H25FN2O5/c1-39-27-17-14-24-18-25-19-28(37)36(40-20-21-12-15-26(34)16-13-21)33(38)29(25)32(30(24)35-27)41-31(22-8-4-2-5-9-22)23-10-6-3-7-11-23/h2-18,31H,19-20H2,1H3. The molecule has 0 aliphatic carbocycles. The Morgan fingerprint density at radius 1 is 0.878 bits per heavy atom. The molecule has 5 aromatic rings. The summed E-state index contributed by atoms with van der Waals surface area (Å²) in [5.41, 5.74) is 3.46. The molecule has 0 saturated carbocycles. The van der Waals surface area contributed by atoms with Gasteiger partial charge in [0.2, 0.25) is 5.88 Å². The van der Waals surface area contributed by atoms with Crippen LogP contribution in [0.5, 0.6) is 11.6 Å². The van der Waals surface area contributed by atoms with Gasteiger partial charge in [0.05, 0.1) is 19.1 Å². The number of rotatable bonds is 8. The maximum Gasteiger partial charge on any atom is 0.288 e. The first-order valence-corrected chi connectivity index (χ1v) is 13.0. The average Bonchev–Trinajstić information content (AvgIpc) is 3.00. The summed E-state index contributed by atoms with van der Waals surface area (Å²) in [6, 6.07) is 30.3. The molecule has 0 spiro atoms. The molecule has 0 bridgehead atoms. The fourth-order valence-electron chi connectivity index (χ4n) is 4.88. The summed E-state index contributed by atoms with van der Waals surface area (Å²) in [7, 11) is 1.51. The Labute approximate surface area is 235 Å². The zero-order valence-electron chi connectivity index (χ0n) is 22.1. The van der Waals surface area contributed by atoms with Gasteiger partial charge in [-0.25, -0.2) is 9.37 Å². The Morgan fingerprint density at radius 2 is 1.54 bits per heavy atom. The van der Waals surface area contributed by atoms with E-state index in [9.17, 15) is 14.0 Å². The molecule has 0 atom stereocenters. The van der Waals surface area contributed by atoms with Crippen LogP contribution in [0.3, 0.4) is 0 Å². The summed E-state index contributed by atoms with van der Waals surface area (Å²) >= 11 is 0. The van der Waals surface area contributed by atoms with Crippen LogP contribution in [0.25, 0.3) is 10.9 Å². The Hall–Kier alpha value is -5.08. The summed E-state index contributed by atoms with van der Waals surface area (Å²) in [6.45, 7) is -0.0976. The van der Waals surface area contributed by atoms with Crippen molar-refractivity contribution in [3.8, 4) is 11.6 Å². The van der Waals surface area contributed by atoms with Gasteiger partial charge in [0.15, 0.2) is 5.75 Å². The van der Waals surface area contributed by atoms with Crippen LogP contribution in [0.1, 0.15) is 38.7 Å². The first-order valence-electron chi connectivity index (χ1n) is 13.0. The van der Waals surface area contributed by atoms with Gasteiger partial charge in [-0.05, 0) is 46.5 Å². The molecule has 1 aliphatic rings. The number of imide groups is 1. The van der Waals surface area contributed by atoms with Gasteiger partial charge in [0.25, 0.3) is 11.8 Å². The molecule has 0 saturated heterocycles. The number of benzene rings is 4. The summed E-state index contributed by atoms with van der Waals surface area (Å²) in [5.74, 6) is -1.00. The monoisotopic (exact) mass is 548 g/mol. The molecule has 8 heteroatoms. The van der Waals surface area contributed by atoms with E-state index in [2.05, 4.69) is 4.98 Å². The summed E-state index contributed by atoms with van der Waals surface area (Å²) < 4.78 is 25.5. The Balaban J connectivity index is 1.47. The predicted molar refractivity (Wildman–Crippen MR) is 150 cm³/mol. The second-order valence-corrected chi connectivity index (χ2v) is 9.55. The smallest absolute Gasteiger partial charge is 0.288 e. The fourth-order valence-corrected chi connectivity index (χ4v) is 4.88. The molecule has 6 rings (SSSR count). The average molecular weight is 549 g/mol. The molecule has 2 amide bonds. The van der Waals surface area contributed by atoms with Crippen LogP contribution in [-0.2, 0) is 22.7 Å². The zero-order valence-corrected chi connectivity index (χ0v) is 22.1. The topological polar surface area (TPSA) is 78.0 Å². The number of hydrogen-bond donors (Lipinski definition) is 0. The van der Waals surface area contributed by atoms with E-state index in [4.69, 9.17) is 14.3 Å². The lowest BCUT2D eigenvalue weighted by Crippen LogP contribution is -2.42. The lowest BCUT2D eigenvalue weighted by molar-refractivity contribution is -0.174. The third-order valence-corrected chi connectivity index (χ3v) is 6.88. The molecule has 0 fully saturated rings. The largest absolute Gasteiger partial charge is 0.481 e. The molecule has 7 nitrogen and oxygen atoms in total. The summed E-state index contributed by atoms with van der Waals surface area (Å²) in [5, 5.41) is 1.45. The SMILES string of the molecule is COc1ccc2cc3c(c(OC(c4ccccc4)c4ccccc4)c2n1)C(=O)N(OCc1ccc(F)cc1)C(=O)C3. The van der Waals surface area contributed by atoms with E-state index in [1.807, 2.05) is 66.7 Å². The van der Waals surface area contributed by atoms with Crippen molar-refractivity contribution in [2.45, 2.75) is 19.1 Å². The summed E-state index contributed by atoms with van der Waals surface area (Å²) in [6.07, 6.45) is -0.663. The van der Waals surface area contributed by atoms with Crippen molar-refractivity contribution < 1.29 is 28.3 Å². The third kappa shape index (κ3) is 5.25. The number of hydroxylamine groups is 2. The lowest BCUT2D eigenvalue weighted by Gasteiger charge is -2.29. The third-order valence-electron chi connectivity index (χ3n) is 6.88. The van der Waals surface area contributed by atoms with Crippen molar-refractivity contribution in [3.05, 3.63) is 137 Å². The van der Waals surface area contributed by atoms with E-state index in [1.54, 1.807) is 12.1 Å². The Kier molecular flexibility index (Phi) is 7.14. The van der Waals surface area contributed by atoms with Gasteiger partial charge in [-0.3, -0.25) is 14.4 Å². The molecule has 0 unspecified atom stereocenters. The minimum atomic E-state index is -0.667. The maximum absolute atomic E-state index is 14.0. The minimum Gasteiger partial charge on any atom is -0.481 e. The number of hydrogen-bond acceptors (Lipinski definition) is 6. The van der Waals surface area contributed by atoms with Crippen molar-refractivity contribution >= 4 is 22.7 Å². The second-order valence-electron chi connectivity index (χ2n) is 9.55. The van der Waals surface area contributed by atoms with Crippen molar-refractivity contribution in [1.82, 2.24) is 10.0 Å². The number of ether oxygens (including phenoxy) is 2. The highest BCUT2D eigenvalue weighted by atomic mass is 19.1. The van der Waals surface area contributed by atoms with E-state index >= 15 is 0 Å². The van der Waals surface area contributed by atoms with Crippen LogP contribution >= 0.6 is 0 Å². The van der Waals surface area contributed by atoms with Gasteiger partial charge < -0.3 is 9.47 Å². The summed E-state index contributed by atoms with van der Waals surface area (Å²) in [4.78, 5) is 37.4. The number of carbonyl (C=O) groups excluding carboxylic acids is 2. The van der Waals surface area contributed by atoms with Gasteiger partial charge in [-0.1, -0.05) is 72.8 Å². The zero-order chi connectivity index (χ0) is 28.3. The van der Waals surface area contributed by atoms with Gasteiger partial charge in [-0.2, -0.15) is 0 Å². The van der Waals surface area contributed by atoms with Crippen LogP contribution in [-0.4, -0.2) is 29.0 Å². The normalized spacial score (nSPS) is 13.0. The number of halogens is 1. The van der Waals surface area contributed by atoms with E-state index in [0.29, 0.717) is 27.9 Å². The molecule has 0 N–H and O–H groups in total.